The fourth-order valence-electron chi connectivity index (χ4n) is 1.70. The number of benzene rings is 1. The minimum Gasteiger partial charge on any atom is -0.399 e. The average Bonchev–Trinajstić information content (AvgIpc) is 3.01. The summed E-state index contributed by atoms with van der Waals surface area (Å²) in [6.07, 6.45) is 1.29. The lowest BCUT2D eigenvalue weighted by Crippen LogP contribution is -2.26. The van der Waals surface area contributed by atoms with Gasteiger partial charge in [-0.25, -0.2) is 4.39 Å². The maximum absolute atomic E-state index is 14.0. The lowest BCUT2D eigenvalue weighted by atomic mass is 10.1. The van der Waals surface area contributed by atoms with Gasteiger partial charge in [-0.3, -0.25) is 4.79 Å². The number of halogens is 3. The molecule has 24 heavy (non-hydrogen) atoms. The van der Waals surface area contributed by atoms with Crippen LogP contribution in [0.3, 0.4) is 0 Å². The minimum absolute atomic E-state index is 0.0493. The molecule has 2 rings (SSSR count). The number of hydrogen-bond acceptors (Lipinski definition) is 6. The minimum atomic E-state index is -3.30. The Balaban J connectivity index is 2.16. The first-order chi connectivity index (χ1) is 11.3. The van der Waals surface area contributed by atoms with Crippen LogP contribution in [-0.4, -0.2) is 35.9 Å². The lowest BCUT2D eigenvalue weighted by molar-refractivity contribution is -0.0158. The molecule has 7 nitrogen and oxygen atoms in total. The van der Waals surface area contributed by atoms with E-state index in [0.29, 0.717) is 6.92 Å². The zero-order valence-electron chi connectivity index (χ0n) is 12.7. The van der Waals surface area contributed by atoms with E-state index in [9.17, 15) is 18.0 Å². The van der Waals surface area contributed by atoms with Crippen molar-refractivity contribution in [3.8, 4) is 11.4 Å². The van der Waals surface area contributed by atoms with Crippen molar-refractivity contribution in [1.29, 1.82) is 0 Å². The average molecular weight is 342 g/mol. The van der Waals surface area contributed by atoms with Gasteiger partial charge in [0.15, 0.2) is 0 Å². The Kier molecular flexibility index (Phi) is 5.17. The van der Waals surface area contributed by atoms with Crippen LogP contribution in [0.5, 0.6) is 0 Å². The molecule has 2 aromatic rings. The van der Waals surface area contributed by atoms with E-state index < -0.39 is 23.5 Å². The Morgan fingerprint density at radius 1 is 1.50 bits per heavy atom. The monoisotopic (exact) mass is 342 g/mol. The Morgan fingerprint density at radius 2 is 2.25 bits per heavy atom. The van der Waals surface area contributed by atoms with Crippen LogP contribution in [0.2, 0.25) is 0 Å². The predicted molar refractivity (Wildman–Crippen MR) is 77.1 cm³/mol. The third kappa shape index (κ3) is 4.09. The Hall–Kier alpha value is -2.91. The van der Waals surface area contributed by atoms with Gasteiger partial charge in [-0.15, -0.1) is 0 Å². The van der Waals surface area contributed by atoms with Crippen LogP contribution in [0.4, 0.5) is 13.2 Å². The van der Waals surface area contributed by atoms with Gasteiger partial charge in [0.25, 0.3) is 11.8 Å². The molecule has 0 atom stereocenters. The number of rotatable bonds is 6. The molecule has 0 aliphatic carbocycles. The number of amides is 1. The number of carbonyl (C=O) groups is 1. The van der Waals surface area contributed by atoms with Crippen LogP contribution in [0, 0.1) is 5.82 Å². The summed E-state index contributed by atoms with van der Waals surface area (Å²) in [5.41, 5.74) is -0.127. The topological polar surface area (TPSA) is 89.6 Å². The van der Waals surface area contributed by atoms with Gasteiger partial charge in [0.1, 0.15) is 12.9 Å². The van der Waals surface area contributed by atoms with E-state index in [2.05, 4.69) is 30.0 Å². The highest BCUT2D eigenvalue weighted by molar-refractivity contribution is 5.95. The summed E-state index contributed by atoms with van der Waals surface area (Å²) in [4.78, 5) is 19.7. The molecule has 0 bridgehead atoms. The van der Waals surface area contributed by atoms with Gasteiger partial charge in [0.2, 0.25) is 5.82 Å². The Morgan fingerprint density at radius 3 is 2.83 bits per heavy atom. The standard InChI is InChI=1S/C14H13F3N4O3/c1-14(16,17)13-20-11(21-24-13)8-3-4-9(10(15)7-8)12(22)18-5-6-19-23-2/h3-4,6-7H,5H2,1-2H3,(H,18,22)/b19-6+. The highest BCUT2D eigenvalue weighted by Gasteiger charge is 2.32. The van der Waals surface area contributed by atoms with Crippen LogP contribution in [0.15, 0.2) is 27.9 Å². The predicted octanol–water partition coefficient (Wildman–Crippen LogP) is 2.35. The third-order valence-electron chi connectivity index (χ3n) is 2.81. The van der Waals surface area contributed by atoms with Gasteiger partial charge in [-0.05, 0) is 12.1 Å². The van der Waals surface area contributed by atoms with Crippen LogP contribution in [-0.2, 0) is 10.8 Å². The molecule has 1 aromatic heterocycles. The molecule has 10 heteroatoms. The molecule has 1 amide bonds. The second-order valence-electron chi connectivity index (χ2n) is 4.69. The first-order valence-corrected chi connectivity index (χ1v) is 6.68. The van der Waals surface area contributed by atoms with E-state index >= 15 is 0 Å². The number of nitrogens with zero attached hydrogens (tertiary/aromatic N) is 3. The summed E-state index contributed by atoms with van der Waals surface area (Å²) in [5, 5.41) is 9.19. The highest BCUT2D eigenvalue weighted by atomic mass is 19.3. The molecular formula is C14H13F3N4O3. The molecule has 128 valence electrons. The molecule has 0 unspecified atom stereocenters. The summed E-state index contributed by atoms with van der Waals surface area (Å²) < 4.78 is 44.6. The number of hydrogen-bond donors (Lipinski definition) is 1. The first kappa shape index (κ1) is 17.4. The van der Waals surface area contributed by atoms with Crippen LogP contribution in [0.1, 0.15) is 23.2 Å². The molecule has 1 heterocycles. The van der Waals surface area contributed by atoms with E-state index in [0.717, 1.165) is 6.07 Å². The van der Waals surface area contributed by atoms with Crippen molar-refractivity contribution in [1.82, 2.24) is 15.5 Å². The Labute approximate surface area is 134 Å². The molecule has 0 spiro atoms. The molecule has 0 saturated carbocycles. The van der Waals surface area contributed by atoms with E-state index in [1.807, 2.05) is 0 Å². The van der Waals surface area contributed by atoms with Crippen LogP contribution >= 0.6 is 0 Å². The highest BCUT2D eigenvalue weighted by Crippen LogP contribution is 2.27. The second-order valence-corrected chi connectivity index (χ2v) is 4.69. The molecular weight excluding hydrogens is 329 g/mol. The van der Waals surface area contributed by atoms with Crippen molar-refractivity contribution in [3.63, 3.8) is 0 Å². The second kappa shape index (κ2) is 7.11. The fraction of sp³-hybridized carbons (Fsp3) is 0.286. The Bertz CT molecular complexity index is 756. The summed E-state index contributed by atoms with van der Waals surface area (Å²) >= 11 is 0. The van der Waals surface area contributed by atoms with Crippen molar-refractivity contribution >= 4 is 12.1 Å². The molecule has 1 aromatic carbocycles. The quantitative estimate of drug-likeness (QED) is 0.643. The fourth-order valence-corrected chi connectivity index (χ4v) is 1.70. The first-order valence-electron chi connectivity index (χ1n) is 6.68. The van der Waals surface area contributed by atoms with Gasteiger partial charge in [-0.2, -0.15) is 13.8 Å². The zero-order chi connectivity index (χ0) is 17.7. The smallest absolute Gasteiger partial charge is 0.322 e. The van der Waals surface area contributed by atoms with Gasteiger partial charge in [-0.1, -0.05) is 16.4 Å². The van der Waals surface area contributed by atoms with Gasteiger partial charge >= 0.3 is 5.92 Å². The van der Waals surface area contributed by atoms with Gasteiger partial charge in [0, 0.05) is 12.5 Å². The maximum atomic E-state index is 14.0. The summed E-state index contributed by atoms with van der Waals surface area (Å²) in [6, 6.07) is 3.47. The number of oxime groups is 1. The number of alkyl halides is 2. The van der Waals surface area contributed by atoms with Gasteiger partial charge < -0.3 is 14.7 Å². The van der Waals surface area contributed by atoms with Crippen molar-refractivity contribution in [2.24, 2.45) is 5.16 Å². The van der Waals surface area contributed by atoms with Crippen molar-refractivity contribution in [2.75, 3.05) is 13.7 Å². The molecule has 0 saturated heterocycles. The van der Waals surface area contributed by atoms with Crippen molar-refractivity contribution in [3.05, 3.63) is 35.5 Å². The van der Waals surface area contributed by atoms with E-state index in [4.69, 9.17) is 0 Å². The molecule has 0 radical (unpaired) electrons. The van der Waals surface area contributed by atoms with Crippen LogP contribution < -0.4 is 5.32 Å². The normalized spacial score (nSPS) is 11.7. The van der Waals surface area contributed by atoms with Crippen LogP contribution in [0.25, 0.3) is 11.4 Å². The van der Waals surface area contributed by atoms with Crippen molar-refractivity contribution < 1.29 is 27.3 Å². The summed E-state index contributed by atoms with van der Waals surface area (Å²) in [6.45, 7) is 0.652. The number of carbonyl (C=O) groups excluding carboxylic acids is 1. The maximum Gasteiger partial charge on any atom is 0.322 e. The number of nitrogens with one attached hydrogen (secondary N) is 1. The van der Waals surface area contributed by atoms with E-state index in [1.165, 1.54) is 25.5 Å². The largest absolute Gasteiger partial charge is 0.399 e. The third-order valence-corrected chi connectivity index (χ3v) is 2.81. The number of aromatic nitrogens is 2. The molecule has 0 aliphatic rings. The summed E-state index contributed by atoms with van der Waals surface area (Å²) in [5.74, 6) is -5.91. The van der Waals surface area contributed by atoms with Gasteiger partial charge in [0.05, 0.1) is 18.3 Å². The summed E-state index contributed by atoms with van der Waals surface area (Å²) in [7, 11) is 1.34. The SMILES string of the molecule is CO/N=C/CNC(=O)c1ccc(-c2noc(C(C)(F)F)n2)cc1F. The molecule has 0 fully saturated rings. The lowest BCUT2D eigenvalue weighted by Gasteiger charge is -2.04. The molecule has 0 aliphatic heterocycles. The molecule has 1 N–H and O–H groups in total. The van der Waals surface area contributed by atoms with Crippen molar-refractivity contribution in [2.45, 2.75) is 12.8 Å². The van der Waals surface area contributed by atoms with E-state index in [1.54, 1.807) is 0 Å². The zero-order valence-corrected chi connectivity index (χ0v) is 12.7. The van der Waals surface area contributed by atoms with E-state index in [-0.39, 0.29) is 23.5 Å².